The summed E-state index contributed by atoms with van der Waals surface area (Å²) < 4.78 is 35.5. The molecule has 11 heteroatoms. The molecule has 1 aliphatic heterocycles. The lowest BCUT2D eigenvalue weighted by Crippen LogP contribution is -2.66. The summed E-state index contributed by atoms with van der Waals surface area (Å²) in [5.74, 6) is -1.64. The normalized spacial score (nSPS) is 18.1. The molecule has 10 nitrogen and oxygen atoms in total. The van der Waals surface area contributed by atoms with Gasteiger partial charge in [0.05, 0.1) is 6.54 Å². The molecular weight excluding hydrogens is 354 g/mol. The van der Waals surface area contributed by atoms with E-state index in [-0.39, 0.29) is 17.5 Å². The Labute approximate surface area is 144 Å². The number of β-lactam (4-membered cyclic amide) rings is 1. The van der Waals surface area contributed by atoms with Crippen molar-refractivity contribution in [3.05, 3.63) is 35.9 Å². The minimum atomic E-state index is -4.61. The van der Waals surface area contributed by atoms with E-state index in [0.717, 1.165) is 5.56 Å². The third-order valence-corrected chi connectivity index (χ3v) is 4.31. The molecule has 1 aromatic carbocycles. The first-order valence-corrected chi connectivity index (χ1v) is 8.64. The Balaban J connectivity index is 1.75. The van der Waals surface area contributed by atoms with E-state index < -0.39 is 40.3 Å². The van der Waals surface area contributed by atoms with E-state index in [4.69, 9.17) is 9.29 Å². The number of ether oxygens (including phenoxy) is 1. The standard InChI is InChI=1S/C14H17N3O7S/c1-9(15-14(20)24-8-10-5-3-2-4-6-10)12(18)16-11-7-17(13(11)19)25(21,22)23/h2-6,9,11H,7-8H2,1H3,(H,15,20)(H,16,18)(H,21,22,23)/t9-,11?/m1/s1. The first-order chi connectivity index (χ1) is 11.7. The van der Waals surface area contributed by atoms with Crippen LogP contribution in [0.15, 0.2) is 30.3 Å². The summed E-state index contributed by atoms with van der Waals surface area (Å²) in [5, 5.41) is 4.57. The van der Waals surface area contributed by atoms with E-state index in [0.29, 0.717) is 0 Å². The van der Waals surface area contributed by atoms with Crippen molar-refractivity contribution in [2.24, 2.45) is 0 Å². The maximum Gasteiger partial charge on any atom is 0.408 e. The molecule has 1 aromatic rings. The largest absolute Gasteiger partial charge is 0.445 e. The van der Waals surface area contributed by atoms with Crippen molar-refractivity contribution in [1.82, 2.24) is 14.9 Å². The number of rotatable bonds is 6. The molecule has 1 heterocycles. The Kier molecular flexibility index (Phi) is 5.59. The van der Waals surface area contributed by atoms with Gasteiger partial charge in [-0.05, 0) is 12.5 Å². The Hall–Kier alpha value is -2.66. The van der Waals surface area contributed by atoms with Gasteiger partial charge in [-0.25, -0.2) is 9.10 Å². The van der Waals surface area contributed by atoms with Crippen LogP contribution < -0.4 is 10.6 Å². The van der Waals surface area contributed by atoms with Crippen molar-refractivity contribution in [1.29, 1.82) is 0 Å². The van der Waals surface area contributed by atoms with Gasteiger partial charge in [-0.15, -0.1) is 0 Å². The van der Waals surface area contributed by atoms with Crippen molar-refractivity contribution in [3.63, 3.8) is 0 Å². The quantitative estimate of drug-likeness (QED) is 0.449. The van der Waals surface area contributed by atoms with Crippen molar-refractivity contribution in [3.8, 4) is 0 Å². The maximum atomic E-state index is 11.9. The molecule has 1 aliphatic rings. The topological polar surface area (TPSA) is 142 Å². The van der Waals surface area contributed by atoms with E-state index in [1.165, 1.54) is 6.92 Å². The van der Waals surface area contributed by atoms with Gasteiger partial charge in [-0.1, -0.05) is 30.3 Å². The molecule has 3 amide bonds. The molecule has 0 aliphatic carbocycles. The van der Waals surface area contributed by atoms with Gasteiger partial charge in [-0.3, -0.25) is 14.1 Å². The molecule has 1 unspecified atom stereocenters. The molecular formula is C14H17N3O7S. The molecule has 1 fully saturated rings. The number of carbonyl (C=O) groups is 3. The summed E-state index contributed by atoms with van der Waals surface area (Å²) in [4.78, 5) is 35.0. The summed E-state index contributed by atoms with van der Waals surface area (Å²) in [6, 6.07) is 6.87. The van der Waals surface area contributed by atoms with Crippen LogP contribution >= 0.6 is 0 Å². The molecule has 136 valence electrons. The Morgan fingerprint density at radius 3 is 2.56 bits per heavy atom. The lowest BCUT2D eigenvalue weighted by molar-refractivity contribution is -0.140. The van der Waals surface area contributed by atoms with Gasteiger partial charge in [0.15, 0.2) is 0 Å². The number of hydrogen-bond acceptors (Lipinski definition) is 6. The van der Waals surface area contributed by atoms with Gasteiger partial charge in [0, 0.05) is 0 Å². The van der Waals surface area contributed by atoms with Crippen LogP contribution in [0.5, 0.6) is 0 Å². The van der Waals surface area contributed by atoms with E-state index in [1.807, 2.05) is 6.07 Å². The van der Waals surface area contributed by atoms with E-state index in [9.17, 15) is 22.8 Å². The fourth-order valence-electron chi connectivity index (χ4n) is 2.01. The summed E-state index contributed by atoms with van der Waals surface area (Å²) in [5.41, 5.74) is 0.778. The molecule has 2 rings (SSSR count). The molecule has 0 radical (unpaired) electrons. The molecule has 25 heavy (non-hydrogen) atoms. The molecule has 0 saturated carbocycles. The van der Waals surface area contributed by atoms with Crippen molar-refractivity contribution in [2.75, 3.05) is 6.54 Å². The van der Waals surface area contributed by atoms with Gasteiger partial charge in [-0.2, -0.15) is 8.42 Å². The van der Waals surface area contributed by atoms with Crippen LogP contribution in [0, 0.1) is 0 Å². The third-order valence-electron chi connectivity index (χ3n) is 3.43. The zero-order valence-electron chi connectivity index (χ0n) is 13.2. The van der Waals surface area contributed by atoms with Crippen LogP contribution in [0.1, 0.15) is 12.5 Å². The first-order valence-electron chi connectivity index (χ1n) is 7.25. The second-order valence-electron chi connectivity index (χ2n) is 5.34. The molecule has 0 spiro atoms. The Morgan fingerprint density at radius 2 is 2.00 bits per heavy atom. The second kappa shape index (κ2) is 7.49. The van der Waals surface area contributed by atoms with Gasteiger partial charge in [0.25, 0.3) is 5.91 Å². The van der Waals surface area contributed by atoms with Crippen LogP contribution in [-0.4, -0.2) is 53.8 Å². The summed E-state index contributed by atoms with van der Waals surface area (Å²) >= 11 is 0. The van der Waals surface area contributed by atoms with Crippen LogP contribution in [0.25, 0.3) is 0 Å². The first kappa shape index (κ1) is 18.7. The highest BCUT2D eigenvalue weighted by Gasteiger charge is 2.44. The van der Waals surface area contributed by atoms with Crippen molar-refractivity contribution in [2.45, 2.75) is 25.6 Å². The molecule has 0 aromatic heterocycles. The predicted molar refractivity (Wildman–Crippen MR) is 84.4 cm³/mol. The number of nitrogens with zero attached hydrogens (tertiary/aromatic N) is 1. The van der Waals surface area contributed by atoms with Gasteiger partial charge < -0.3 is 15.4 Å². The Bertz CT molecular complexity index is 766. The summed E-state index contributed by atoms with van der Waals surface area (Å²) in [6.45, 7) is 1.04. The van der Waals surface area contributed by atoms with Gasteiger partial charge >= 0.3 is 16.4 Å². The minimum absolute atomic E-state index is 0.0332. The predicted octanol–water partition coefficient (Wildman–Crippen LogP) is -0.569. The number of nitrogens with one attached hydrogen (secondary N) is 2. The average molecular weight is 371 g/mol. The number of amides is 3. The van der Waals surface area contributed by atoms with Crippen molar-refractivity contribution < 1.29 is 32.1 Å². The monoisotopic (exact) mass is 371 g/mol. The number of hydrogen-bond donors (Lipinski definition) is 3. The second-order valence-corrected chi connectivity index (χ2v) is 6.67. The SMILES string of the molecule is C[C@@H](NC(=O)OCc1ccccc1)C(=O)NC1CN(S(=O)(=O)O)C1=O. The highest BCUT2D eigenvalue weighted by atomic mass is 32.2. The van der Waals surface area contributed by atoms with Crippen LogP contribution in [0.2, 0.25) is 0 Å². The molecule has 0 bridgehead atoms. The summed E-state index contributed by atoms with van der Waals surface area (Å²) in [7, 11) is -4.61. The Morgan fingerprint density at radius 1 is 1.36 bits per heavy atom. The molecule has 3 N–H and O–H groups in total. The number of alkyl carbamates (subject to hydrolysis) is 1. The molecule has 2 atom stereocenters. The summed E-state index contributed by atoms with van der Waals surface area (Å²) in [6.07, 6.45) is -0.814. The van der Waals surface area contributed by atoms with E-state index in [2.05, 4.69) is 10.6 Å². The van der Waals surface area contributed by atoms with Crippen LogP contribution in [-0.2, 0) is 31.2 Å². The zero-order valence-corrected chi connectivity index (χ0v) is 14.0. The smallest absolute Gasteiger partial charge is 0.408 e. The maximum absolute atomic E-state index is 11.9. The highest BCUT2D eigenvalue weighted by molar-refractivity contribution is 7.84. The highest BCUT2D eigenvalue weighted by Crippen LogP contribution is 2.14. The van der Waals surface area contributed by atoms with Crippen LogP contribution in [0.4, 0.5) is 4.79 Å². The number of benzene rings is 1. The fourth-order valence-corrected chi connectivity index (χ4v) is 2.71. The fraction of sp³-hybridized carbons (Fsp3) is 0.357. The van der Waals surface area contributed by atoms with E-state index >= 15 is 0 Å². The van der Waals surface area contributed by atoms with E-state index in [1.54, 1.807) is 24.3 Å². The minimum Gasteiger partial charge on any atom is -0.445 e. The zero-order chi connectivity index (χ0) is 18.6. The third kappa shape index (κ3) is 4.90. The molecule has 1 saturated heterocycles. The lowest BCUT2D eigenvalue weighted by Gasteiger charge is -2.35. The average Bonchev–Trinajstić information content (AvgIpc) is 2.55. The van der Waals surface area contributed by atoms with Crippen molar-refractivity contribution >= 4 is 28.2 Å². The van der Waals surface area contributed by atoms with Gasteiger partial charge in [0.1, 0.15) is 18.7 Å². The number of carbonyl (C=O) groups excluding carboxylic acids is 3. The lowest BCUT2D eigenvalue weighted by atomic mass is 10.1. The van der Waals surface area contributed by atoms with Gasteiger partial charge in [0.2, 0.25) is 5.91 Å². The van der Waals surface area contributed by atoms with Crippen LogP contribution in [0.3, 0.4) is 0 Å².